The molecule has 2 saturated heterocycles. The summed E-state index contributed by atoms with van der Waals surface area (Å²) in [6.07, 6.45) is 6.56. The highest BCUT2D eigenvalue weighted by molar-refractivity contribution is 5.77. The normalized spacial score (nSPS) is 24.7. The van der Waals surface area contributed by atoms with Gasteiger partial charge in [-0.25, -0.2) is 9.97 Å². The van der Waals surface area contributed by atoms with Gasteiger partial charge in [-0.1, -0.05) is 24.3 Å². The van der Waals surface area contributed by atoms with E-state index in [1.54, 1.807) is 0 Å². The van der Waals surface area contributed by atoms with Gasteiger partial charge in [0, 0.05) is 36.0 Å². The Bertz CT molecular complexity index is 1260. The zero-order valence-corrected chi connectivity index (χ0v) is 22.2. The van der Waals surface area contributed by atoms with Crippen molar-refractivity contribution in [2.45, 2.75) is 89.4 Å². The molecule has 0 bridgehead atoms. The van der Waals surface area contributed by atoms with Crippen molar-refractivity contribution in [3.05, 3.63) is 60.2 Å². The van der Waals surface area contributed by atoms with Crippen LogP contribution in [-0.2, 0) is 12.8 Å². The lowest BCUT2D eigenvalue weighted by Crippen LogP contribution is -2.67. The second-order valence-electron chi connectivity index (χ2n) is 11.5. The molecule has 2 aromatic carbocycles. The highest BCUT2D eigenvalue weighted by Crippen LogP contribution is 2.43. The second kappa shape index (κ2) is 9.00. The molecule has 0 unspecified atom stereocenters. The molecule has 2 atom stereocenters. The van der Waals surface area contributed by atoms with Gasteiger partial charge in [-0.05, 0) is 90.7 Å². The maximum atomic E-state index is 5.21. The highest BCUT2D eigenvalue weighted by Gasteiger charge is 2.55. The lowest BCUT2D eigenvalue weighted by molar-refractivity contribution is 0.154. The molecule has 0 amide bonds. The zero-order valence-electron chi connectivity index (χ0n) is 22.2. The van der Waals surface area contributed by atoms with Gasteiger partial charge in [0.25, 0.3) is 0 Å². The van der Waals surface area contributed by atoms with Crippen LogP contribution < -0.4 is 10.6 Å². The fraction of sp³-hybridized carbons (Fsp3) is 0.533. The third-order valence-corrected chi connectivity index (χ3v) is 8.69. The Morgan fingerprint density at radius 1 is 0.694 bits per heavy atom. The fourth-order valence-corrected chi connectivity index (χ4v) is 7.20. The molecule has 0 aliphatic carbocycles. The van der Waals surface area contributed by atoms with Gasteiger partial charge >= 0.3 is 0 Å². The number of hydrogen-bond donors (Lipinski definition) is 2. The molecule has 0 saturated carbocycles. The van der Waals surface area contributed by atoms with Crippen LogP contribution >= 0.6 is 0 Å². The lowest BCUT2D eigenvalue weighted by Gasteiger charge is -2.47. The molecule has 36 heavy (non-hydrogen) atoms. The van der Waals surface area contributed by atoms with Crippen molar-refractivity contribution in [1.29, 1.82) is 0 Å². The van der Waals surface area contributed by atoms with Crippen LogP contribution in [0.3, 0.4) is 0 Å². The molecule has 190 valence electrons. The van der Waals surface area contributed by atoms with Crippen molar-refractivity contribution in [3.63, 3.8) is 0 Å². The summed E-state index contributed by atoms with van der Waals surface area (Å²) >= 11 is 0. The SMILES string of the molecule is CC(C)n1c(C[C@]2([C@@]3(Cc4nc5ccccc5n4C(C)C)CCCN3)CCCN2)nc2ccccc21. The summed E-state index contributed by atoms with van der Waals surface area (Å²) in [5, 5.41) is 8.12. The second-order valence-corrected chi connectivity index (χ2v) is 11.5. The Hall–Kier alpha value is -2.70. The first-order chi connectivity index (χ1) is 17.4. The van der Waals surface area contributed by atoms with Crippen LogP contribution in [0.2, 0.25) is 0 Å². The number of aromatic nitrogens is 4. The first-order valence-corrected chi connectivity index (χ1v) is 13.8. The van der Waals surface area contributed by atoms with E-state index in [2.05, 4.69) is 96.0 Å². The maximum Gasteiger partial charge on any atom is 0.112 e. The van der Waals surface area contributed by atoms with E-state index in [1.165, 1.54) is 35.5 Å². The standard InChI is InChI=1S/C30H40N6/c1-21(2)35-25-13-7-5-11-23(25)33-27(35)19-29(15-9-17-31-29)30(16-10-18-32-30)20-28-34-24-12-6-8-14-26(24)36(28)22(3)4/h5-8,11-14,21-22,31-32H,9-10,15-20H2,1-4H3/t29-,30-/m0/s1. The molecule has 2 aliphatic rings. The minimum Gasteiger partial charge on any atom is -0.325 e. The molecule has 2 aliphatic heterocycles. The molecule has 2 fully saturated rings. The number of rotatable bonds is 7. The molecule has 0 spiro atoms. The molecule has 2 N–H and O–H groups in total. The number of nitrogens with one attached hydrogen (secondary N) is 2. The molecule has 6 nitrogen and oxygen atoms in total. The molecule has 6 heteroatoms. The first-order valence-electron chi connectivity index (χ1n) is 13.8. The van der Waals surface area contributed by atoms with Crippen molar-refractivity contribution >= 4 is 22.1 Å². The number of para-hydroxylation sites is 4. The Morgan fingerprint density at radius 3 is 1.47 bits per heavy atom. The summed E-state index contributed by atoms with van der Waals surface area (Å²) in [6.45, 7) is 11.2. The predicted molar refractivity (Wildman–Crippen MR) is 148 cm³/mol. The van der Waals surface area contributed by atoms with E-state index in [4.69, 9.17) is 9.97 Å². The fourth-order valence-electron chi connectivity index (χ4n) is 7.20. The van der Waals surface area contributed by atoms with Gasteiger partial charge in [-0.15, -0.1) is 0 Å². The van der Waals surface area contributed by atoms with Crippen LogP contribution in [0.4, 0.5) is 0 Å². The van der Waals surface area contributed by atoms with E-state index in [1.807, 2.05) is 0 Å². The van der Waals surface area contributed by atoms with Crippen LogP contribution in [0.15, 0.2) is 48.5 Å². The lowest BCUT2D eigenvalue weighted by atomic mass is 9.70. The van der Waals surface area contributed by atoms with E-state index in [0.29, 0.717) is 12.1 Å². The number of nitrogens with zero attached hydrogens (tertiary/aromatic N) is 4. The number of fused-ring (bicyclic) bond motifs is 2. The van der Waals surface area contributed by atoms with Crippen molar-refractivity contribution in [3.8, 4) is 0 Å². The Kier molecular flexibility index (Phi) is 5.92. The predicted octanol–water partition coefficient (Wildman–Crippen LogP) is 5.58. The smallest absolute Gasteiger partial charge is 0.112 e. The van der Waals surface area contributed by atoms with E-state index in [9.17, 15) is 0 Å². The van der Waals surface area contributed by atoms with Gasteiger partial charge in [0.15, 0.2) is 0 Å². The third-order valence-electron chi connectivity index (χ3n) is 8.69. The summed E-state index contributed by atoms with van der Waals surface area (Å²) in [7, 11) is 0. The van der Waals surface area contributed by atoms with Crippen molar-refractivity contribution < 1.29 is 0 Å². The molecule has 6 rings (SSSR count). The zero-order chi connectivity index (χ0) is 24.9. The Balaban J connectivity index is 1.46. The quantitative estimate of drug-likeness (QED) is 0.360. The van der Waals surface area contributed by atoms with Gasteiger partial charge in [0.05, 0.1) is 22.1 Å². The van der Waals surface area contributed by atoms with Crippen LogP contribution in [0, 0.1) is 0 Å². The van der Waals surface area contributed by atoms with Crippen LogP contribution in [0.1, 0.15) is 77.1 Å². The summed E-state index contributed by atoms with van der Waals surface area (Å²) in [5.74, 6) is 2.40. The Morgan fingerprint density at radius 2 is 1.11 bits per heavy atom. The van der Waals surface area contributed by atoms with Crippen LogP contribution in [0.25, 0.3) is 22.1 Å². The molecule has 4 aromatic rings. The topological polar surface area (TPSA) is 59.7 Å². The maximum absolute atomic E-state index is 5.21. The summed E-state index contributed by atoms with van der Waals surface area (Å²) < 4.78 is 4.92. The summed E-state index contributed by atoms with van der Waals surface area (Å²) in [5.41, 5.74) is 4.57. The van der Waals surface area contributed by atoms with E-state index < -0.39 is 0 Å². The van der Waals surface area contributed by atoms with Gasteiger partial charge < -0.3 is 19.8 Å². The number of imidazole rings is 2. The van der Waals surface area contributed by atoms with Crippen molar-refractivity contribution in [2.24, 2.45) is 0 Å². The average molecular weight is 485 g/mol. The first kappa shape index (κ1) is 23.7. The van der Waals surface area contributed by atoms with Gasteiger partial charge in [0.1, 0.15) is 11.6 Å². The minimum atomic E-state index is -0.0581. The van der Waals surface area contributed by atoms with Crippen LogP contribution in [0.5, 0.6) is 0 Å². The van der Waals surface area contributed by atoms with E-state index >= 15 is 0 Å². The number of hydrogen-bond acceptors (Lipinski definition) is 4. The number of benzene rings is 2. The average Bonchev–Trinajstić information content (AvgIpc) is 3.64. The molecular formula is C30H40N6. The van der Waals surface area contributed by atoms with E-state index in [-0.39, 0.29) is 11.1 Å². The minimum absolute atomic E-state index is 0.0581. The molecule has 0 radical (unpaired) electrons. The summed E-state index contributed by atoms with van der Waals surface area (Å²) in [4.78, 5) is 10.4. The van der Waals surface area contributed by atoms with Gasteiger partial charge in [-0.2, -0.15) is 0 Å². The Labute approximate surface area is 214 Å². The summed E-state index contributed by atoms with van der Waals surface area (Å²) in [6, 6.07) is 17.9. The largest absolute Gasteiger partial charge is 0.325 e. The van der Waals surface area contributed by atoms with Crippen molar-refractivity contribution in [1.82, 2.24) is 29.7 Å². The van der Waals surface area contributed by atoms with Gasteiger partial charge in [-0.3, -0.25) is 0 Å². The van der Waals surface area contributed by atoms with Crippen molar-refractivity contribution in [2.75, 3.05) is 13.1 Å². The highest BCUT2D eigenvalue weighted by atomic mass is 15.2. The monoisotopic (exact) mass is 484 g/mol. The molecule has 2 aromatic heterocycles. The van der Waals surface area contributed by atoms with Crippen LogP contribution in [-0.4, -0.2) is 43.3 Å². The van der Waals surface area contributed by atoms with Gasteiger partial charge in [0.2, 0.25) is 0 Å². The van der Waals surface area contributed by atoms with E-state index in [0.717, 1.165) is 49.8 Å². The molecule has 4 heterocycles. The molecular weight excluding hydrogens is 444 g/mol. The third kappa shape index (κ3) is 3.69.